The number of rotatable bonds is 3. The maximum Gasteiger partial charge on any atom is 0.0438 e. The molecular weight excluding hydrogens is 310 g/mol. The van der Waals surface area contributed by atoms with Crippen LogP contribution in [0.15, 0.2) is 40.9 Å². The van der Waals surface area contributed by atoms with Gasteiger partial charge in [0.1, 0.15) is 0 Å². The summed E-state index contributed by atoms with van der Waals surface area (Å²) in [7, 11) is 0. The highest BCUT2D eigenvalue weighted by atomic mass is 79.9. The van der Waals surface area contributed by atoms with Crippen molar-refractivity contribution < 1.29 is 0 Å². The Balaban J connectivity index is 2.06. The predicted octanol–water partition coefficient (Wildman–Crippen LogP) is 5.33. The van der Waals surface area contributed by atoms with E-state index < -0.39 is 0 Å². The second-order valence-electron chi connectivity index (χ2n) is 4.40. The summed E-state index contributed by atoms with van der Waals surface area (Å²) in [6, 6.07) is 12.4. The minimum Gasteiger partial charge on any atom is -0.381 e. The molecule has 0 fully saturated rings. The van der Waals surface area contributed by atoms with Crippen LogP contribution in [0.25, 0.3) is 0 Å². The van der Waals surface area contributed by atoms with Crippen LogP contribution in [0.3, 0.4) is 0 Å². The summed E-state index contributed by atoms with van der Waals surface area (Å²) in [6.45, 7) is 4.86. The number of nitrogens with one attached hydrogen (secondary N) is 1. The Labute approximate surface area is 121 Å². The van der Waals surface area contributed by atoms with E-state index in [1.165, 1.54) is 11.1 Å². The van der Waals surface area contributed by atoms with Gasteiger partial charge in [0.25, 0.3) is 0 Å². The van der Waals surface area contributed by atoms with E-state index in [4.69, 9.17) is 11.6 Å². The lowest BCUT2D eigenvalue weighted by Gasteiger charge is -2.09. The number of hydrogen-bond acceptors (Lipinski definition) is 1. The number of aryl methyl sites for hydroxylation is 2. The van der Waals surface area contributed by atoms with Crippen molar-refractivity contribution in [3.63, 3.8) is 0 Å². The van der Waals surface area contributed by atoms with E-state index in [2.05, 4.69) is 52.4 Å². The number of hydrogen-bond donors (Lipinski definition) is 1. The summed E-state index contributed by atoms with van der Waals surface area (Å²) < 4.78 is 1.12. The molecule has 2 rings (SSSR count). The van der Waals surface area contributed by atoms with Crippen LogP contribution in [0.5, 0.6) is 0 Å². The first-order chi connectivity index (χ1) is 8.56. The topological polar surface area (TPSA) is 12.0 Å². The maximum atomic E-state index is 6.11. The molecule has 2 aromatic rings. The lowest BCUT2D eigenvalue weighted by atomic mass is 10.1. The van der Waals surface area contributed by atoms with E-state index in [-0.39, 0.29) is 0 Å². The van der Waals surface area contributed by atoms with Crippen LogP contribution < -0.4 is 5.32 Å². The fraction of sp³-hybridized carbons (Fsp3) is 0.200. The molecule has 18 heavy (non-hydrogen) atoms. The van der Waals surface area contributed by atoms with E-state index in [0.717, 1.165) is 27.3 Å². The fourth-order valence-corrected chi connectivity index (χ4v) is 2.24. The molecule has 1 nitrogen and oxygen atoms in total. The fourth-order valence-electron chi connectivity index (χ4n) is 1.65. The minimum atomic E-state index is 0.773. The van der Waals surface area contributed by atoms with Gasteiger partial charge in [-0.15, -0.1) is 0 Å². The van der Waals surface area contributed by atoms with Crippen LogP contribution >= 0.6 is 27.5 Å². The van der Waals surface area contributed by atoms with Gasteiger partial charge in [0, 0.05) is 21.7 Å². The highest BCUT2D eigenvalue weighted by molar-refractivity contribution is 9.10. The molecule has 3 heteroatoms. The zero-order valence-corrected chi connectivity index (χ0v) is 12.8. The average molecular weight is 325 g/mol. The Bertz CT molecular complexity index is 515. The van der Waals surface area contributed by atoms with Crippen molar-refractivity contribution in [1.29, 1.82) is 0 Å². The van der Waals surface area contributed by atoms with Gasteiger partial charge in [0.05, 0.1) is 0 Å². The molecule has 0 aliphatic rings. The second kappa shape index (κ2) is 5.77. The van der Waals surface area contributed by atoms with Gasteiger partial charge in [0.2, 0.25) is 0 Å². The summed E-state index contributed by atoms with van der Waals surface area (Å²) in [5, 5.41) is 4.21. The molecular formula is C15H15BrClN. The van der Waals surface area contributed by atoms with Crippen LogP contribution in [0.2, 0.25) is 5.02 Å². The first-order valence-electron chi connectivity index (χ1n) is 5.81. The van der Waals surface area contributed by atoms with E-state index >= 15 is 0 Å². The molecule has 0 radical (unpaired) electrons. The normalized spacial score (nSPS) is 10.4. The zero-order chi connectivity index (χ0) is 13.1. The molecule has 0 amide bonds. The van der Waals surface area contributed by atoms with Crippen LogP contribution in [0, 0.1) is 13.8 Å². The smallest absolute Gasteiger partial charge is 0.0438 e. The molecule has 0 aliphatic heterocycles. The summed E-state index contributed by atoms with van der Waals surface area (Å²) in [4.78, 5) is 0. The molecule has 94 valence electrons. The molecule has 0 atom stereocenters. The Hall–Kier alpha value is -0.990. The lowest BCUT2D eigenvalue weighted by Crippen LogP contribution is -1.99. The predicted molar refractivity (Wildman–Crippen MR) is 82.4 cm³/mol. The summed E-state index contributed by atoms with van der Waals surface area (Å²) in [5.41, 5.74) is 4.63. The van der Waals surface area contributed by atoms with E-state index in [9.17, 15) is 0 Å². The first-order valence-corrected chi connectivity index (χ1v) is 6.98. The maximum absolute atomic E-state index is 6.11. The van der Waals surface area contributed by atoms with Crippen LogP contribution in [-0.2, 0) is 6.54 Å². The lowest BCUT2D eigenvalue weighted by molar-refractivity contribution is 1.14. The van der Waals surface area contributed by atoms with Crippen LogP contribution in [-0.4, -0.2) is 0 Å². The van der Waals surface area contributed by atoms with Gasteiger partial charge in [-0.1, -0.05) is 45.7 Å². The molecule has 0 aromatic heterocycles. The van der Waals surface area contributed by atoms with E-state index in [1.807, 2.05) is 19.1 Å². The molecule has 0 spiro atoms. The Kier molecular flexibility index (Phi) is 4.31. The highest BCUT2D eigenvalue weighted by Crippen LogP contribution is 2.22. The SMILES string of the molecule is Cc1ccc(CNc2ccc(C)c(Br)c2)cc1Cl. The van der Waals surface area contributed by atoms with Gasteiger partial charge < -0.3 is 5.32 Å². The first kappa shape index (κ1) is 13.4. The van der Waals surface area contributed by atoms with Crippen molar-refractivity contribution in [2.45, 2.75) is 20.4 Å². The van der Waals surface area contributed by atoms with Crippen molar-refractivity contribution in [2.24, 2.45) is 0 Å². The molecule has 2 aromatic carbocycles. The third-order valence-corrected chi connectivity index (χ3v) is 4.17. The number of anilines is 1. The Morgan fingerprint density at radius 2 is 1.78 bits per heavy atom. The quantitative estimate of drug-likeness (QED) is 0.804. The molecule has 0 unspecified atom stereocenters. The summed E-state index contributed by atoms with van der Waals surface area (Å²) >= 11 is 9.64. The van der Waals surface area contributed by atoms with Crippen molar-refractivity contribution in [2.75, 3.05) is 5.32 Å². The third kappa shape index (κ3) is 3.27. The second-order valence-corrected chi connectivity index (χ2v) is 5.66. The molecule has 0 bridgehead atoms. The Morgan fingerprint density at radius 3 is 2.44 bits per heavy atom. The van der Waals surface area contributed by atoms with Crippen LogP contribution in [0.1, 0.15) is 16.7 Å². The van der Waals surface area contributed by atoms with Crippen molar-refractivity contribution in [1.82, 2.24) is 0 Å². The van der Waals surface area contributed by atoms with Gasteiger partial charge >= 0.3 is 0 Å². The molecule has 1 N–H and O–H groups in total. The Morgan fingerprint density at radius 1 is 1.06 bits per heavy atom. The largest absolute Gasteiger partial charge is 0.381 e. The monoisotopic (exact) mass is 323 g/mol. The van der Waals surface area contributed by atoms with E-state index in [1.54, 1.807) is 0 Å². The van der Waals surface area contributed by atoms with Crippen molar-refractivity contribution >= 4 is 33.2 Å². The average Bonchev–Trinajstić information content (AvgIpc) is 2.35. The van der Waals surface area contributed by atoms with E-state index in [0.29, 0.717) is 0 Å². The number of benzene rings is 2. The van der Waals surface area contributed by atoms with Crippen molar-refractivity contribution in [3.8, 4) is 0 Å². The highest BCUT2D eigenvalue weighted by Gasteiger charge is 2.00. The van der Waals surface area contributed by atoms with Gasteiger partial charge in [-0.25, -0.2) is 0 Å². The van der Waals surface area contributed by atoms with Gasteiger partial charge in [0.15, 0.2) is 0 Å². The standard InChI is InChI=1S/C15H15BrClN/c1-10-4-6-13(8-14(10)16)18-9-12-5-3-11(2)15(17)7-12/h3-8,18H,9H2,1-2H3. The van der Waals surface area contributed by atoms with Gasteiger partial charge in [-0.2, -0.15) is 0 Å². The molecule has 0 heterocycles. The van der Waals surface area contributed by atoms with Crippen molar-refractivity contribution in [3.05, 3.63) is 62.6 Å². The molecule has 0 saturated heterocycles. The zero-order valence-electron chi connectivity index (χ0n) is 10.4. The van der Waals surface area contributed by atoms with Gasteiger partial charge in [-0.3, -0.25) is 0 Å². The number of halogens is 2. The molecule has 0 aliphatic carbocycles. The summed E-state index contributed by atoms with van der Waals surface area (Å²) in [6.07, 6.45) is 0. The van der Waals surface area contributed by atoms with Crippen LogP contribution in [0.4, 0.5) is 5.69 Å². The third-order valence-electron chi connectivity index (χ3n) is 2.90. The minimum absolute atomic E-state index is 0.773. The van der Waals surface area contributed by atoms with Gasteiger partial charge in [-0.05, 0) is 48.7 Å². The molecule has 0 saturated carbocycles. The summed E-state index contributed by atoms with van der Waals surface area (Å²) in [5.74, 6) is 0.